The van der Waals surface area contributed by atoms with Crippen LogP contribution >= 0.6 is 0 Å². The molecule has 0 spiro atoms. The highest BCUT2D eigenvalue weighted by Crippen LogP contribution is 2.30. The molecule has 1 aromatic carbocycles. The van der Waals surface area contributed by atoms with E-state index >= 15 is 0 Å². The average Bonchev–Trinajstić information content (AvgIpc) is 3.81. The van der Waals surface area contributed by atoms with Crippen LogP contribution < -0.4 is 15.5 Å². The number of rotatable bonds is 12. The second-order valence-corrected chi connectivity index (χ2v) is 14.0. The van der Waals surface area contributed by atoms with E-state index in [0.29, 0.717) is 41.2 Å². The summed E-state index contributed by atoms with van der Waals surface area (Å²) in [6, 6.07) is 10.0. The van der Waals surface area contributed by atoms with Crippen molar-refractivity contribution < 1.29 is 28.7 Å². The molecule has 3 atom stereocenters. The van der Waals surface area contributed by atoms with Gasteiger partial charge in [-0.2, -0.15) is 5.26 Å². The predicted molar refractivity (Wildman–Crippen MR) is 200 cm³/mol. The Bertz CT molecular complexity index is 1880. The molecule has 5 amide bonds. The second-order valence-electron chi connectivity index (χ2n) is 14.0. The highest BCUT2D eigenvalue weighted by Gasteiger charge is 2.33. The Hall–Kier alpha value is -5.76. The van der Waals surface area contributed by atoms with E-state index in [2.05, 4.69) is 27.5 Å². The zero-order valence-electron chi connectivity index (χ0n) is 31.5. The Morgan fingerprint density at radius 1 is 1.00 bits per heavy atom. The summed E-state index contributed by atoms with van der Waals surface area (Å²) in [5, 5.41) is 15.1. The monoisotopic (exact) mass is 743 g/mol. The van der Waals surface area contributed by atoms with E-state index in [1.54, 1.807) is 55.5 Å². The molecule has 0 radical (unpaired) electrons. The molecule has 0 saturated carbocycles. The van der Waals surface area contributed by atoms with Crippen molar-refractivity contribution in [1.82, 2.24) is 39.5 Å². The van der Waals surface area contributed by atoms with Gasteiger partial charge in [-0.1, -0.05) is 19.1 Å². The van der Waals surface area contributed by atoms with Crippen LogP contribution in [0, 0.1) is 17.2 Å². The Morgan fingerprint density at radius 2 is 1.74 bits per heavy atom. The number of hydrogen-bond donors (Lipinski definition) is 2. The molecule has 17 heteroatoms. The SMILES string of the molecule is CC1CCN(C(=O)CC#N)CC1N(C)c1ncnc2c1ccn2C(=O)N(C)CCN(C)C(=O)OCc1ccc(NC(=O)CNC(=O)C2CCCN2C)cc1. The number of likely N-dealkylation sites (N-methyl/N-ethyl adjacent to an activating group) is 4. The first-order valence-electron chi connectivity index (χ1n) is 18.1. The lowest BCUT2D eigenvalue weighted by Gasteiger charge is -2.42. The van der Waals surface area contributed by atoms with Crippen LogP contribution in [-0.4, -0.2) is 144 Å². The molecular weight excluding hydrogens is 694 g/mol. The lowest BCUT2D eigenvalue weighted by atomic mass is 9.92. The number of benzene rings is 1. The van der Waals surface area contributed by atoms with Gasteiger partial charge < -0.3 is 35.0 Å². The number of ether oxygens (including phenoxy) is 1. The van der Waals surface area contributed by atoms with E-state index in [1.165, 1.54) is 20.7 Å². The summed E-state index contributed by atoms with van der Waals surface area (Å²) in [7, 11) is 7.04. The smallest absolute Gasteiger partial charge is 0.409 e. The number of amides is 5. The van der Waals surface area contributed by atoms with Gasteiger partial charge in [-0.05, 0) is 62.5 Å². The molecule has 4 heterocycles. The van der Waals surface area contributed by atoms with Gasteiger partial charge in [-0.15, -0.1) is 0 Å². The van der Waals surface area contributed by atoms with Gasteiger partial charge >= 0.3 is 12.1 Å². The van der Waals surface area contributed by atoms with Crippen molar-refractivity contribution in [2.75, 3.05) is 77.7 Å². The predicted octanol–water partition coefficient (Wildman–Crippen LogP) is 2.34. The molecule has 0 bridgehead atoms. The average molecular weight is 744 g/mol. The number of nitrogens with zero attached hydrogens (tertiary/aromatic N) is 9. The van der Waals surface area contributed by atoms with Crippen LogP contribution in [0.15, 0.2) is 42.9 Å². The van der Waals surface area contributed by atoms with E-state index in [-0.39, 0.29) is 74.4 Å². The molecule has 17 nitrogen and oxygen atoms in total. The number of hydrogen-bond acceptors (Lipinski definition) is 11. The Labute approximate surface area is 314 Å². The molecule has 2 fully saturated rings. The van der Waals surface area contributed by atoms with E-state index in [9.17, 15) is 24.0 Å². The molecule has 5 rings (SSSR count). The molecule has 54 heavy (non-hydrogen) atoms. The number of anilines is 2. The van der Waals surface area contributed by atoms with Crippen LogP contribution in [0.25, 0.3) is 11.0 Å². The minimum atomic E-state index is -0.562. The summed E-state index contributed by atoms with van der Waals surface area (Å²) in [6.07, 6.45) is 4.88. The molecule has 3 unspecified atom stereocenters. The first kappa shape index (κ1) is 39.4. The molecule has 2 aliphatic rings. The molecule has 2 saturated heterocycles. The van der Waals surface area contributed by atoms with Crippen LogP contribution in [0.3, 0.4) is 0 Å². The lowest BCUT2D eigenvalue weighted by Crippen LogP contribution is -2.52. The number of fused-ring (bicyclic) bond motifs is 1. The van der Waals surface area contributed by atoms with Crippen molar-refractivity contribution in [3.05, 3.63) is 48.4 Å². The largest absolute Gasteiger partial charge is 0.445 e. The Morgan fingerprint density at radius 3 is 2.44 bits per heavy atom. The highest BCUT2D eigenvalue weighted by molar-refractivity contribution is 5.96. The minimum absolute atomic E-state index is 0.0107. The Balaban J connectivity index is 1.08. The summed E-state index contributed by atoms with van der Waals surface area (Å²) in [5.74, 6) is 0.224. The van der Waals surface area contributed by atoms with Crippen molar-refractivity contribution in [1.29, 1.82) is 5.26 Å². The summed E-state index contributed by atoms with van der Waals surface area (Å²) in [6.45, 7) is 4.39. The summed E-state index contributed by atoms with van der Waals surface area (Å²) in [4.78, 5) is 80.9. The molecule has 3 aromatic rings. The third kappa shape index (κ3) is 9.42. The Kier molecular flexibility index (Phi) is 13.0. The van der Waals surface area contributed by atoms with Gasteiger partial charge in [0.15, 0.2) is 5.65 Å². The fraction of sp³-hybridized carbons (Fsp3) is 0.514. The van der Waals surface area contributed by atoms with E-state index in [1.807, 2.05) is 30.0 Å². The normalized spacial score (nSPS) is 18.4. The van der Waals surface area contributed by atoms with Crippen LogP contribution in [0.4, 0.5) is 21.1 Å². The van der Waals surface area contributed by atoms with Gasteiger partial charge in [0, 0.05) is 59.2 Å². The quantitative estimate of drug-likeness (QED) is 0.277. The van der Waals surface area contributed by atoms with Crippen LogP contribution in [0.2, 0.25) is 0 Å². The van der Waals surface area contributed by atoms with Gasteiger partial charge in [0.2, 0.25) is 17.7 Å². The first-order valence-corrected chi connectivity index (χ1v) is 18.1. The topological polar surface area (TPSA) is 189 Å². The molecule has 2 N–H and O–H groups in total. The zero-order valence-corrected chi connectivity index (χ0v) is 31.5. The van der Waals surface area contributed by atoms with Gasteiger partial charge in [0.1, 0.15) is 25.2 Å². The standard InChI is InChI=1S/C37H49N11O6/c1-25-13-17-47(32(50)12-15-38)22-30(25)46(5)33-28-14-18-48(34(28)41-24-40-33)36(52)44(3)19-20-45(4)37(53)54-23-26-8-10-27(11-9-26)42-31(49)21-39-35(51)29-7-6-16-43(29)2/h8-11,14,18,24-25,29-30H,6-7,12-13,16-17,19-23H2,1-5H3,(H,39,51)(H,42,49). The third-order valence-electron chi connectivity index (χ3n) is 10.3. The number of nitrogens with one attached hydrogen (secondary N) is 2. The molecule has 2 aliphatic heterocycles. The van der Waals surface area contributed by atoms with Gasteiger partial charge in [0.05, 0.1) is 30.1 Å². The number of piperidine rings is 1. The molecule has 2 aromatic heterocycles. The maximum atomic E-state index is 13.5. The minimum Gasteiger partial charge on any atom is -0.445 e. The van der Waals surface area contributed by atoms with E-state index < -0.39 is 6.09 Å². The van der Waals surface area contributed by atoms with Crippen molar-refractivity contribution in [2.24, 2.45) is 5.92 Å². The molecule has 288 valence electrons. The van der Waals surface area contributed by atoms with E-state index in [0.717, 1.165) is 25.8 Å². The van der Waals surface area contributed by atoms with Crippen LogP contribution in [0.1, 0.15) is 38.2 Å². The maximum Gasteiger partial charge on any atom is 0.409 e. The second kappa shape index (κ2) is 17.8. The highest BCUT2D eigenvalue weighted by atomic mass is 16.6. The number of carbonyl (C=O) groups excluding carboxylic acids is 5. The van der Waals surface area contributed by atoms with Crippen molar-refractivity contribution in [3.63, 3.8) is 0 Å². The number of likely N-dealkylation sites (tertiary alicyclic amines) is 2. The van der Waals surface area contributed by atoms with Crippen LogP contribution in [-0.2, 0) is 25.7 Å². The summed E-state index contributed by atoms with van der Waals surface area (Å²) in [5.41, 5.74) is 1.70. The molecule has 0 aliphatic carbocycles. The van der Waals surface area contributed by atoms with Crippen molar-refractivity contribution in [3.8, 4) is 6.07 Å². The van der Waals surface area contributed by atoms with Gasteiger partial charge in [-0.3, -0.25) is 23.9 Å². The first-order chi connectivity index (χ1) is 25.9. The van der Waals surface area contributed by atoms with Gasteiger partial charge in [-0.25, -0.2) is 19.6 Å². The lowest BCUT2D eigenvalue weighted by molar-refractivity contribution is -0.131. The third-order valence-corrected chi connectivity index (χ3v) is 10.3. The number of aromatic nitrogens is 3. The van der Waals surface area contributed by atoms with Crippen molar-refractivity contribution >= 4 is 52.4 Å². The number of nitriles is 1. The number of carbonyl (C=O) groups is 5. The summed E-state index contributed by atoms with van der Waals surface area (Å²) >= 11 is 0. The fourth-order valence-electron chi connectivity index (χ4n) is 6.83. The fourth-order valence-corrected chi connectivity index (χ4v) is 6.83. The van der Waals surface area contributed by atoms with Gasteiger partial charge in [0.25, 0.3) is 0 Å². The van der Waals surface area contributed by atoms with E-state index in [4.69, 9.17) is 10.00 Å². The van der Waals surface area contributed by atoms with Crippen molar-refractivity contribution in [2.45, 2.75) is 51.3 Å². The maximum absolute atomic E-state index is 13.5. The summed E-state index contributed by atoms with van der Waals surface area (Å²) < 4.78 is 6.90. The van der Waals surface area contributed by atoms with Crippen LogP contribution in [0.5, 0.6) is 0 Å². The molecular formula is C37H49N11O6. The zero-order chi connectivity index (χ0) is 38.9.